The second-order valence-electron chi connectivity index (χ2n) is 7.75. The van der Waals surface area contributed by atoms with Crippen molar-refractivity contribution < 1.29 is 9.53 Å². The molecule has 8 nitrogen and oxygen atoms in total. The van der Waals surface area contributed by atoms with Crippen LogP contribution in [0.1, 0.15) is 38.7 Å². The van der Waals surface area contributed by atoms with Gasteiger partial charge in [0.05, 0.1) is 6.20 Å². The van der Waals surface area contributed by atoms with Gasteiger partial charge in [0.1, 0.15) is 5.60 Å². The molecule has 0 bridgehead atoms. The summed E-state index contributed by atoms with van der Waals surface area (Å²) in [5.74, 6) is 1.35. The molecule has 1 amide bonds. The van der Waals surface area contributed by atoms with Gasteiger partial charge in [-0.15, -0.1) is 24.0 Å². The number of ether oxygens (including phenoxy) is 1. The Hall–Kier alpha value is -1.52. The maximum absolute atomic E-state index is 12.0. The number of likely N-dealkylation sites (tertiary alicyclic amines) is 1. The molecule has 0 aliphatic carbocycles. The highest BCUT2D eigenvalue weighted by atomic mass is 127. The fraction of sp³-hybridized carbons (Fsp3) is 0.722. The van der Waals surface area contributed by atoms with Gasteiger partial charge in [0.15, 0.2) is 5.96 Å². The highest BCUT2D eigenvalue weighted by Crippen LogP contribution is 2.26. The average molecular weight is 492 g/mol. The van der Waals surface area contributed by atoms with Gasteiger partial charge in [-0.2, -0.15) is 5.10 Å². The van der Waals surface area contributed by atoms with Gasteiger partial charge in [0.25, 0.3) is 0 Å². The number of nitrogens with one attached hydrogen (secondary N) is 1. The highest BCUT2D eigenvalue weighted by molar-refractivity contribution is 14.0. The fourth-order valence-corrected chi connectivity index (χ4v) is 2.97. The van der Waals surface area contributed by atoms with Crippen molar-refractivity contribution in [3.05, 3.63) is 18.0 Å². The minimum atomic E-state index is -0.480. The van der Waals surface area contributed by atoms with Gasteiger partial charge in [0.2, 0.25) is 0 Å². The molecule has 1 N–H and O–H groups in total. The lowest BCUT2D eigenvalue weighted by molar-refractivity contribution is 0.0302. The van der Waals surface area contributed by atoms with Gasteiger partial charge >= 0.3 is 6.09 Å². The number of hydrogen-bond donors (Lipinski definition) is 1. The predicted molar refractivity (Wildman–Crippen MR) is 118 cm³/mol. The SMILES string of the molecule is CN=C(NCCN(C)C(=O)OC(C)(C)C)N1CCC(c2cnn(C)c2)C1.I. The van der Waals surface area contributed by atoms with Gasteiger partial charge in [-0.3, -0.25) is 9.67 Å². The Morgan fingerprint density at radius 1 is 1.48 bits per heavy atom. The largest absolute Gasteiger partial charge is 0.444 e. The molecule has 1 aliphatic heterocycles. The first-order valence-electron chi connectivity index (χ1n) is 9.08. The van der Waals surface area contributed by atoms with Crippen LogP contribution >= 0.6 is 24.0 Å². The molecule has 1 aromatic heterocycles. The number of carbonyl (C=O) groups is 1. The number of aromatic nitrogens is 2. The van der Waals surface area contributed by atoms with Gasteiger partial charge in [-0.25, -0.2) is 4.79 Å². The van der Waals surface area contributed by atoms with E-state index < -0.39 is 5.60 Å². The summed E-state index contributed by atoms with van der Waals surface area (Å²) >= 11 is 0. The van der Waals surface area contributed by atoms with Crippen molar-refractivity contribution in [2.24, 2.45) is 12.0 Å². The van der Waals surface area contributed by atoms with Crippen LogP contribution in [0.3, 0.4) is 0 Å². The van der Waals surface area contributed by atoms with E-state index in [-0.39, 0.29) is 30.1 Å². The van der Waals surface area contributed by atoms with E-state index in [1.54, 1.807) is 19.0 Å². The van der Waals surface area contributed by atoms with Crippen molar-refractivity contribution in [3.8, 4) is 0 Å². The van der Waals surface area contributed by atoms with Crippen molar-refractivity contribution in [3.63, 3.8) is 0 Å². The van der Waals surface area contributed by atoms with Crippen molar-refractivity contribution in [1.82, 2.24) is 24.9 Å². The molecule has 0 saturated carbocycles. The molecule has 1 atom stereocenters. The Balaban J connectivity index is 0.00000364. The number of carbonyl (C=O) groups excluding carboxylic acids is 1. The number of amides is 1. The van der Waals surface area contributed by atoms with Crippen molar-refractivity contribution in [1.29, 1.82) is 0 Å². The molecular weight excluding hydrogens is 459 g/mol. The predicted octanol–water partition coefficient (Wildman–Crippen LogP) is 2.27. The van der Waals surface area contributed by atoms with Gasteiger partial charge < -0.3 is 19.9 Å². The van der Waals surface area contributed by atoms with E-state index in [2.05, 4.69) is 26.5 Å². The normalized spacial score (nSPS) is 17.5. The molecule has 1 unspecified atom stereocenters. The Morgan fingerprint density at radius 3 is 2.74 bits per heavy atom. The number of rotatable bonds is 4. The number of likely N-dealkylation sites (N-methyl/N-ethyl adjacent to an activating group) is 1. The summed E-state index contributed by atoms with van der Waals surface area (Å²) in [6.07, 6.45) is 4.80. The summed E-state index contributed by atoms with van der Waals surface area (Å²) in [5.41, 5.74) is 0.793. The number of nitrogens with zero attached hydrogens (tertiary/aromatic N) is 5. The third-order valence-electron chi connectivity index (χ3n) is 4.33. The summed E-state index contributed by atoms with van der Waals surface area (Å²) < 4.78 is 7.20. The quantitative estimate of drug-likeness (QED) is 0.397. The lowest BCUT2D eigenvalue weighted by Crippen LogP contribution is -2.44. The topological polar surface area (TPSA) is 75.0 Å². The van der Waals surface area contributed by atoms with E-state index in [0.717, 1.165) is 25.5 Å². The fourth-order valence-electron chi connectivity index (χ4n) is 2.97. The average Bonchev–Trinajstić information content (AvgIpc) is 3.18. The zero-order chi connectivity index (χ0) is 19.3. The van der Waals surface area contributed by atoms with E-state index >= 15 is 0 Å². The Kier molecular flexibility index (Phi) is 8.83. The maximum atomic E-state index is 12.0. The monoisotopic (exact) mass is 492 g/mol. The molecule has 154 valence electrons. The zero-order valence-corrected chi connectivity index (χ0v) is 19.6. The second kappa shape index (κ2) is 10.1. The number of hydrogen-bond acceptors (Lipinski definition) is 4. The second-order valence-corrected chi connectivity index (χ2v) is 7.75. The molecule has 1 fully saturated rings. The maximum Gasteiger partial charge on any atom is 0.410 e. The number of guanidine groups is 1. The van der Waals surface area contributed by atoms with Crippen LogP contribution in [0.25, 0.3) is 0 Å². The van der Waals surface area contributed by atoms with E-state index in [4.69, 9.17) is 4.74 Å². The molecular formula is C18H33IN6O2. The van der Waals surface area contributed by atoms with Crippen LogP contribution in [0.15, 0.2) is 17.4 Å². The summed E-state index contributed by atoms with van der Waals surface area (Å²) in [4.78, 5) is 20.2. The van der Waals surface area contributed by atoms with Crippen LogP contribution in [-0.2, 0) is 11.8 Å². The number of aliphatic imine (C=N–C) groups is 1. The number of halogens is 1. The molecule has 2 heterocycles. The molecule has 0 radical (unpaired) electrons. The summed E-state index contributed by atoms with van der Waals surface area (Å²) in [6.45, 7) is 8.65. The van der Waals surface area contributed by atoms with Crippen LogP contribution in [0, 0.1) is 0 Å². The third-order valence-corrected chi connectivity index (χ3v) is 4.33. The van der Waals surface area contributed by atoms with Gasteiger partial charge in [-0.05, 0) is 32.8 Å². The Morgan fingerprint density at radius 2 is 2.19 bits per heavy atom. The molecule has 0 aromatic carbocycles. The molecule has 0 spiro atoms. The van der Waals surface area contributed by atoms with Crippen LogP contribution < -0.4 is 5.32 Å². The van der Waals surface area contributed by atoms with E-state index in [1.807, 2.05) is 38.7 Å². The lowest BCUT2D eigenvalue weighted by atomic mass is 10.0. The summed E-state index contributed by atoms with van der Waals surface area (Å²) in [7, 11) is 5.47. The lowest BCUT2D eigenvalue weighted by Gasteiger charge is -2.26. The molecule has 1 saturated heterocycles. The zero-order valence-electron chi connectivity index (χ0n) is 17.2. The van der Waals surface area contributed by atoms with E-state index in [9.17, 15) is 4.79 Å². The van der Waals surface area contributed by atoms with Crippen LogP contribution in [0.2, 0.25) is 0 Å². The van der Waals surface area contributed by atoms with Crippen LogP contribution in [-0.4, -0.2) is 77.5 Å². The third kappa shape index (κ3) is 7.19. The Bertz CT molecular complexity index is 640. The standard InChI is InChI=1S/C18H32N6O2.HI/c1-18(2,3)26-17(25)22(5)10-8-20-16(19-4)24-9-7-14(13-24)15-11-21-23(6)12-15;/h11-12,14H,7-10,13H2,1-6H3,(H,19,20);1H. The van der Waals surface area contributed by atoms with Crippen molar-refractivity contribution in [2.75, 3.05) is 40.3 Å². The number of aryl methyl sites for hydroxylation is 1. The molecule has 1 aliphatic rings. The smallest absolute Gasteiger partial charge is 0.410 e. The molecule has 1 aromatic rings. The van der Waals surface area contributed by atoms with Gasteiger partial charge in [0, 0.05) is 59.4 Å². The summed E-state index contributed by atoms with van der Waals surface area (Å²) in [5, 5.41) is 7.61. The van der Waals surface area contributed by atoms with E-state index in [1.165, 1.54) is 5.56 Å². The van der Waals surface area contributed by atoms with Crippen molar-refractivity contribution >= 4 is 36.0 Å². The highest BCUT2D eigenvalue weighted by Gasteiger charge is 2.27. The minimum Gasteiger partial charge on any atom is -0.444 e. The van der Waals surface area contributed by atoms with E-state index in [0.29, 0.717) is 19.0 Å². The van der Waals surface area contributed by atoms with Crippen LogP contribution in [0.4, 0.5) is 4.79 Å². The van der Waals surface area contributed by atoms with Gasteiger partial charge in [-0.1, -0.05) is 0 Å². The van der Waals surface area contributed by atoms with Crippen molar-refractivity contribution in [2.45, 2.75) is 38.7 Å². The molecule has 27 heavy (non-hydrogen) atoms. The first kappa shape index (κ1) is 23.5. The molecule has 2 rings (SSSR count). The van der Waals surface area contributed by atoms with Crippen LogP contribution in [0.5, 0.6) is 0 Å². The first-order chi connectivity index (χ1) is 12.2. The molecule has 9 heteroatoms. The first-order valence-corrected chi connectivity index (χ1v) is 9.08. The summed E-state index contributed by atoms with van der Waals surface area (Å²) in [6, 6.07) is 0. The Labute approximate surface area is 179 Å². The minimum absolute atomic E-state index is 0.